The molecule has 0 fully saturated rings. The highest BCUT2D eigenvalue weighted by Gasteiger charge is 2.14. The van der Waals surface area contributed by atoms with Crippen molar-refractivity contribution in [1.29, 1.82) is 0 Å². The van der Waals surface area contributed by atoms with E-state index in [1.165, 1.54) is 12.1 Å². The lowest BCUT2D eigenvalue weighted by molar-refractivity contribution is 0.537. The van der Waals surface area contributed by atoms with E-state index in [1.54, 1.807) is 11.3 Å². The maximum Gasteiger partial charge on any atom is 0.123 e. The third-order valence-corrected chi connectivity index (χ3v) is 3.59. The van der Waals surface area contributed by atoms with Gasteiger partial charge in [0.2, 0.25) is 0 Å². The summed E-state index contributed by atoms with van der Waals surface area (Å²) in [4.78, 5) is 4.53. The van der Waals surface area contributed by atoms with Crippen molar-refractivity contribution < 1.29 is 4.39 Å². The lowest BCUT2D eigenvalue weighted by Gasteiger charge is -2.15. The fourth-order valence-electron chi connectivity index (χ4n) is 1.92. The number of halogens is 1. The van der Waals surface area contributed by atoms with Crippen molar-refractivity contribution in [1.82, 2.24) is 10.3 Å². The molecule has 1 aromatic carbocycles. The summed E-state index contributed by atoms with van der Waals surface area (Å²) in [6, 6.07) is 6.87. The largest absolute Gasteiger partial charge is 0.309 e. The number of hydrogen-bond donors (Lipinski definition) is 1. The predicted octanol–water partition coefficient (Wildman–Crippen LogP) is 3.48. The van der Waals surface area contributed by atoms with E-state index in [9.17, 15) is 4.39 Å². The Bertz CT molecular complexity index is 493. The fraction of sp³-hybridized carbons (Fsp3) is 0.357. The van der Waals surface area contributed by atoms with Gasteiger partial charge in [-0.1, -0.05) is 19.1 Å². The van der Waals surface area contributed by atoms with Crippen LogP contribution in [0.4, 0.5) is 4.39 Å². The average Bonchev–Trinajstić information content (AvgIpc) is 2.78. The van der Waals surface area contributed by atoms with E-state index in [1.807, 2.05) is 19.1 Å². The second kappa shape index (κ2) is 6.07. The van der Waals surface area contributed by atoms with Crippen molar-refractivity contribution in [2.24, 2.45) is 0 Å². The number of aromatic nitrogens is 1. The minimum Gasteiger partial charge on any atom is -0.309 e. The zero-order valence-electron chi connectivity index (χ0n) is 10.6. The summed E-state index contributed by atoms with van der Waals surface area (Å²) >= 11 is 1.66. The van der Waals surface area contributed by atoms with Crippen LogP contribution in [-0.2, 0) is 6.42 Å². The van der Waals surface area contributed by atoms with E-state index in [-0.39, 0.29) is 11.9 Å². The molecule has 0 radical (unpaired) electrons. The van der Waals surface area contributed by atoms with Crippen LogP contribution in [0.5, 0.6) is 0 Å². The average molecular weight is 264 g/mol. The zero-order chi connectivity index (χ0) is 13.0. The molecule has 1 unspecified atom stereocenters. The number of nitrogens with one attached hydrogen (secondary N) is 1. The Hall–Kier alpha value is -1.26. The molecular weight excluding hydrogens is 247 g/mol. The molecule has 0 bridgehead atoms. The number of aryl methyl sites for hydroxylation is 1. The lowest BCUT2D eigenvalue weighted by Crippen LogP contribution is -2.23. The van der Waals surface area contributed by atoms with Crippen molar-refractivity contribution in [3.05, 3.63) is 51.7 Å². The Morgan fingerprint density at radius 3 is 2.61 bits per heavy atom. The van der Waals surface area contributed by atoms with Gasteiger partial charge in [-0.25, -0.2) is 9.37 Å². The van der Waals surface area contributed by atoms with Crippen molar-refractivity contribution in [2.75, 3.05) is 6.54 Å². The molecule has 0 aliphatic carbocycles. The quantitative estimate of drug-likeness (QED) is 0.894. The molecule has 0 aliphatic rings. The van der Waals surface area contributed by atoms with E-state index >= 15 is 0 Å². The Morgan fingerprint density at radius 1 is 1.33 bits per heavy atom. The van der Waals surface area contributed by atoms with Gasteiger partial charge in [0, 0.05) is 5.38 Å². The van der Waals surface area contributed by atoms with Crippen LogP contribution < -0.4 is 5.32 Å². The molecule has 4 heteroatoms. The molecule has 0 saturated heterocycles. The van der Waals surface area contributed by atoms with E-state index in [2.05, 4.69) is 22.6 Å². The first-order valence-electron chi connectivity index (χ1n) is 6.09. The third-order valence-electron chi connectivity index (χ3n) is 2.80. The summed E-state index contributed by atoms with van der Waals surface area (Å²) in [5.41, 5.74) is 2.19. The van der Waals surface area contributed by atoms with Crippen molar-refractivity contribution >= 4 is 11.3 Å². The molecule has 2 rings (SSSR count). The molecule has 0 aliphatic heterocycles. The number of nitrogens with zero attached hydrogens (tertiary/aromatic N) is 1. The summed E-state index contributed by atoms with van der Waals surface area (Å²) < 4.78 is 12.9. The normalized spacial score (nSPS) is 12.6. The molecule has 1 aromatic heterocycles. The van der Waals surface area contributed by atoms with Gasteiger partial charge < -0.3 is 5.32 Å². The molecule has 1 atom stereocenters. The molecule has 1 N–H and O–H groups in total. The Morgan fingerprint density at radius 2 is 2.06 bits per heavy atom. The predicted molar refractivity (Wildman–Crippen MR) is 73.4 cm³/mol. The maximum absolute atomic E-state index is 12.9. The van der Waals surface area contributed by atoms with Crippen molar-refractivity contribution in [3.63, 3.8) is 0 Å². The highest BCUT2D eigenvalue weighted by molar-refractivity contribution is 7.09. The first kappa shape index (κ1) is 13.2. The minimum absolute atomic E-state index is 0.191. The van der Waals surface area contributed by atoms with Crippen LogP contribution in [0.1, 0.15) is 29.2 Å². The standard InChI is InChI=1S/C14H17FN2S/c1-3-16-13(14-9-18-10(2)17-14)8-11-4-6-12(15)7-5-11/h4-7,9,13,16H,3,8H2,1-2H3. The Kier molecular flexibility index (Phi) is 4.44. The van der Waals surface area contributed by atoms with Gasteiger partial charge in [-0.3, -0.25) is 0 Å². The SMILES string of the molecule is CCNC(Cc1ccc(F)cc1)c1csc(C)n1. The Labute approximate surface area is 111 Å². The smallest absolute Gasteiger partial charge is 0.123 e. The molecular formula is C14H17FN2S. The van der Waals surface area contributed by atoms with E-state index in [0.717, 1.165) is 29.2 Å². The number of benzene rings is 1. The topological polar surface area (TPSA) is 24.9 Å². The van der Waals surface area contributed by atoms with Gasteiger partial charge in [0.05, 0.1) is 16.7 Å². The van der Waals surface area contributed by atoms with Gasteiger partial charge in [-0.05, 0) is 37.6 Å². The molecule has 1 heterocycles. The summed E-state index contributed by atoms with van der Waals surface area (Å²) in [6.07, 6.45) is 0.831. The molecule has 96 valence electrons. The van der Waals surface area contributed by atoms with Gasteiger partial charge in [-0.15, -0.1) is 11.3 Å². The van der Waals surface area contributed by atoms with Gasteiger partial charge >= 0.3 is 0 Å². The fourth-order valence-corrected chi connectivity index (χ4v) is 2.59. The van der Waals surface area contributed by atoms with Crippen LogP contribution in [0, 0.1) is 12.7 Å². The zero-order valence-corrected chi connectivity index (χ0v) is 11.4. The number of likely N-dealkylation sites (N-methyl/N-ethyl adjacent to an activating group) is 1. The van der Waals surface area contributed by atoms with Crippen molar-refractivity contribution in [2.45, 2.75) is 26.3 Å². The second-order valence-electron chi connectivity index (χ2n) is 4.23. The molecule has 0 spiro atoms. The van der Waals surface area contributed by atoms with Crippen molar-refractivity contribution in [3.8, 4) is 0 Å². The van der Waals surface area contributed by atoms with Crippen LogP contribution in [0.2, 0.25) is 0 Å². The van der Waals surface area contributed by atoms with Crippen LogP contribution in [-0.4, -0.2) is 11.5 Å². The lowest BCUT2D eigenvalue weighted by atomic mass is 10.0. The van der Waals surface area contributed by atoms with Gasteiger partial charge in [0.15, 0.2) is 0 Å². The van der Waals surface area contributed by atoms with Crippen LogP contribution in [0.3, 0.4) is 0 Å². The third kappa shape index (κ3) is 3.37. The number of rotatable bonds is 5. The monoisotopic (exact) mass is 264 g/mol. The van der Waals surface area contributed by atoms with Crippen LogP contribution in [0.25, 0.3) is 0 Å². The van der Waals surface area contributed by atoms with Gasteiger partial charge in [0.25, 0.3) is 0 Å². The molecule has 2 aromatic rings. The van der Waals surface area contributed by atoms with E-state index < -0.39 is 0 Å². The number of hydrogen-bond acceptors (Lipinski definition) is 3. The minimum atomic E-state index is -0.191. The summed E-state index contributed by atoms with van der Waals surface area (Å²) in [5, 5.41) is 6.59. The van der Waals surface area contributed by atoms with Crippen LogP contribution in [0.15, 0.2) is 29.6 Å². The highest BCUT2D eigenvalue weighted by atomic mass is 32.1. The highest BCUT2D eigenvalue weighted by Crippen LogP contribution is 2.20. The van der Waals surface area contributed by atoms with Gasteiger partial charge in [-0.2, -0.15) is 0 Å². The summed E-state index contributed by atoms with van der Waals surface area (Å²) in [5.74, 6) is -0.191. The van der Waals surface area contributed by atoms with Crippen LogP contribution >= 0.6 is 11.3 Å². The maximum atomic E-state index is 12.9. The summed E-state index contributed by atoms with van der Waals surface area (Å²) in [6.45, 7) is 4.98. The number of thiazole rings is 1. The Balaban J connectivity index is 2.13. The van der Waals surface area contributed by atoms with E-state index in [0.29, 0.717) is 0 Å². The van der Waals surface area contributed by atoms with E-state index in [4.69, 9.17) is 0 Å². The second-order valence-corrected chi connectivity index (χ2v) is 5.29. The summed E-state index contributed by atoms with van der Waals surface area (Å²) in [7, 11) is 0. The van der Waals surface area contributed by atoms with Gasteiger partial charge in [0.1, 0.15) is 5.82 Å². The molecule has 0 saturated carbocycles. The molecule has 2 nitrogen and oxygen atoms in total. The molecule has 0 amide bonds. The first-order chi connectivity index (χ1) is 8.69. The first-order valence-corrected chi connectivity index (χ1v) is 6.97. The molecule has 18 heavy (non-hydrogen) atoms.